The average molecular weight is 311 g/mol. The van der Waals surface area contributed by atoms with E-state index in [9.17, 15) is 13.2 Å². The molecule has 1 heterocycles. The van der Waals surface area contributed by atoms with E-state index in [0.717, 1.165) is 11.8 Å². The van der Waals surface area contributed by atoms with E-state index in [2.05, 4.69) is 4.72 Å². The third-order valence-corrected chi connectivity index (χ3v) is 4.38. The van der Waals surface area contributed by atoms with Gasteiger partial charge in [0.2, 0.25) is 15.9 Å². The van der Waals surface area contributed by atoms with E-state index >= 15 is 0 Å². The fourth-order valence-electron chi connectivity index (χ4n) is 2.64. The molecule has 1 aliphatic rings. The molecule has 2 rings (SSSR count). The molecular formula is C14H21N3O3S. The summed E-state index contributed by atoms with van der Waals surface area (Å²) in [5.41, 5.74) is 6.64. The van der Waals surface area contributed by atoms with Crippen molar-refractivity contribution in [2.75, 3.05) is 25.9 Å². The molecule has 0 aromatic heterocycles. The average Bonchev–Trinajstić information content (AvgIpc) is 2.87. The second-order valence-electron chi connectivity index (χ2n) is 5.36. The number of nitrogens with one attached hydrogen (secondary N) is 1. The van der Waals surface area contributed by atoms with E-state index < -0.39 is 10.0 Å². The zero-order valence-corrected chi connectivity index (χ0v) is 12.8. The van der Waals surface area contributed by atoms with Gasteiger partial charge in [-0.2, -0.15) is 0 Å². The molecule has 1 aliphatic heterocycles. The summed E-state index contributed by atoms with van der Waals surface area (Å²) in [5, 5.41) is 0. The van der Waals surface area contributed by atoms with Crippen molar-refractivity contribution in [2.24, 2.45) is 5.73 Å². The zero-order valence-electron chi connectivity index (χ0n) is 12.0. The molecule has 6 nitrogen and oxygen atoms in total. The van der Waals surface area contributed by atoms with Crippen LogP contribution in [0.1, 0.15) is 17.9 Å². The van der Waals surface area contributed by atoms with Crippen LogP contribution in [0.15, 0.2) is 30.3 Å². The molecule has 1 saturated heterocycles. The smallest absolute Gasteiger partial charge is 0.231 e. The molecule has 0 aliphatic carbocycles. The van der Waals surface area contributed by atoms with Gasteiger partial charge in [-0.1, -0.05) is 30.3 Å². The van der Waals surface area contributed by atoms with E-state index in [-0.39, 0.29) is 24.4 Å². The highest BCUT2D eigenvalue weighted by Crippen LogP contribution is 2.20. The molecular weight excluding hydrogens is 290 g/mol. The van der Waals surface area contributed by atoms with Gasteiger partial charge < -0.3 is 10.6 Å². The molecule has 2 unspecified atom stereocenters. The number of amides is 1. The van der Waals surface area contributed by atoms with Crippen molar-refractivity contribution in [1.82, 2.24) is 9.62 Å². The normalized spacial score (nSPS) is 20.5. The quantitative estimate of drug-likeness (QED) is 0.793. The van der Waals surface area contributed by atoms with Gasteiger partial charge in [-0.3, -0.25) is 4.79 Å². The van der Waals surface area contributed by atoms with Crippen molar-refractivity contribution in [2.45, 2.75) is 18.4 Å². The Labute approximate surface area is 125 Å². The molecule has 1 fully saturated rings. The molecule has 116 valence electrons. The predicted molar refractivity (Wildman–Crippen MR) is 81.2 cm³/mol. The van der Waals surface area contributed by atoms with E-state index in [4.69, 9.17) is 5.73 Å². The highest BCUT2D eigenvalue weighted by molar-refractivity contribution is 7.88. The molecule has 0 radical (unpaired) electrons. The van der Waals surface area contributed by atoms with Gasteiger partial charge >= 0.3 is 0 Å². The first kappa shape index (κ1) is 15.9. The maximum atomic E-state index is 12.6. The van der Waals surface area contributed by atoms with Crippen molar-refractivity contribution in [3.63, 3.8) is 0 Å². The van der Waals surface area contributed by atoms with Gasteiger partial charge in [0, 0.05) is 25.7 Å². The van der Waals surface area contributed by atoms with E-state index in [1.54, 1.807) is 4.90 Å². The van der Waals surface area contributed by atoms with Crippen LogP contribution >= 0.6 is 0 Å². The Bertz CT molecular complexity index is 589. The third kappa shape index (κ3) is 4.26. The highest BCUT2D eigenvalue weighted by atomic mass is 32.2. The number of rotatable bonds is 5. The Morgan fingerprint density at radius 3 is 2.67 bits per heavy atom. The molecule has 0 saturated carbocycles. The Hall–Kier alpha value is -1.44. The van der Waals surface area contributed by atoms with Crippen LogP contribution < -0.4 is 10.5 Å². The lowest BCUT2D eigenvalue weighted by molar-refractivity contribution is -0.131. The maximum Gasteiger partial charge on any atom is 0.231 e. The summed E-state index contributed by atoms with van der Waals surface area (Å²) in [5.74, 6) is -0.412. The Morgan fingerprint density at radius 1 is 1.43 bits per heavy atom. The predicted octanol–water partition coefficient (Wildman–Crippen LogP) is -0.121. The molecule has 2 atom stereocenters. The largest absolute Gasteiger partial charge is 0.340 e. The minimum Gasteiger partial charge on any atom is -0.340 e. The molecule has 0 spiro atoms. The van der Waals surface area contributed by atoms with Gasteiger partial charge in [0.05, 0.1) is 12.2 Å². The SMILES string of the molecule is CS(=O)(=O)NC1CCN(C(=O)C(CN)c2ccccc2)C1. The first-order valence-electron chi connectivity index (χ1n) is 6.92. The number of carbonyl (C=O) groups excluding carboxylic acids is 1. The minimum absolute atomic E-state index is 0.0403. The van der Waals surface area contributed by atoms with Crippen LogP contribution in [0, 0.1) is 0 Å². The molecule has 1 amide bonds. The van der Waals surface area contributed by atoms with Gasteiger partial charge in [-0.05, 0) is 12.0 Å². The minimum atomic E-state index is -3.25. The van der Waals surface area contributed by atoms with Crippen LogP contribution in [-0.2, 0) is 14.8 Å². The zero-order chi connectivity index (χ0) is 15.5. The number of nitrogens with zero attached hydrogens (tertiary/aromatic N) is 1. The summed E-state index contributed by atoms with van der Waals surface area (Å²) in [6.45, 7) is 1.19. The molecule has 21 heavy (non-hydrogen) atoms. The highest BCUT2D eigenvalue weighted by Gasteiger charge is 2.32. The second kappa shape index (κ2) is 6.55. The topological polar surface area (TPSA) is 92.5 Å². The first-order valence-corrected chi connectivity index (χ1v) is 8.81. The van der Waals surface area contributed by atoms with Crippen LogP contribution in [0.3, 0.4) is 0 Å². The van der Waals surface area contributed by atoms with Gasteiger partial charge in [0.1, 0.15) is 0 Å². The van der Waals surface area contributed by atoms with E-state index in [1.165, 1.54) is 0 Å². The molecule has 7 heteroatoms. The summed E-state index contributed by atoms with van der Waals surface area (Å²) < 4.78 is 25.0. The third-order valence-electron chi connectivity index (χ3n) is 3.62. The van der Waals surface area contributed by atoms with Gasteiger partial charge in [-0.15, -0.1) is 0 Å². The molecule has 1 aromatic rings. The lowest BCUT2D eigenvalue weighted by Gasteiger charge is -2.23. The molecule has 1 aromatic carbocycles. The standard InChI is InChI=1S/C14H21N3O3S/c1-21(19,20)16-12-7-8-17(10-12)14(18)13(9-15)11-5-3-2-4-6-11/h2-6,12-13,16H,7-10,15H2,1H3. The maximum absolute atomic E-state index is 12.6. The summed E-state index contributed by atoms with van der Waals surface area (Å²) in [4.78, 5) is 14.2. The van der Waals surface area contributed by atoms with Crippen LogP contribution in [0.5, 0.6) is 0 Å². The second-order valence-corrected chi connectivity index (χ2v) is 7.14. The lowest BCUT2D eigenvalue weighted by Crippen LogP contribution is -2.40. The number of sulfonamides is 1. The van der Waals surface area contributed by atoms with Crippen molar-refractivity contribution in [1.29, 1.82) is 0 Å². The van der Waals surface area contributed by atoms with Crippen LogP contribution in [0.25, 0.3) is 0 Å². The number of hydrogen-bond acceptors (Lipinski definition) is 4. The van der Waals surface area contributed by atoms with Gasteiger partial charge in [-0.25, -0.2) is 13.1 Å². The first-order chi connectivity index (χ1) is 9.90. The van der Waals surface area contributed by atoms with Crippen LogP contribution in [0.4, 0.5) is 0 Å². The molecule has 3 N–H and O–H groups in total. The number of nitrogens with two attached hydrogens (primary N) is 1. The fraction of sp³-hybridized carbons (Fsp3) is 0.500. The Morgan fingerprint density at radius 2 is 2.10 bits per heavy atom. The molecule has 0 bridgehead atoms. The Kier molecular flexibility index (Phi) is 4.97. The fourth-order valence-corrected chi connectivity index (χ4v) is 3.44. The number of benzene rings is 1. The van der Waals surface area contributed by atoms with Crippen LogP contribution in [0.2, 0.25) is 0 Å². The summed E-state index contributed by atoms with van der Waals surface area (Å²) in [6.07, 6.45) is 1.76. The number of likely N-dealkylation sites (tertiary alicyclic amines) is 1. The summed E-state index contributed by atoms with van der Waals surface area (Å²) in [7, 11) is -3.25. The number of hydrogen-bond donors (Lipinski definition) is 2. The van der Waals surface area contributed by atoms with Crippen molar-refractivity contribution in [3.8, 4) is 0 Å². The summed E-state index contributed by atoms with van der Waals surface area (Å²) in [6, 6.07) is 9.21. The van der Waals surface area contributed by atoms with Gasteiger partial charge in [0.25, 0.3) is 0 Å². The van der Waals surface area contributed by atoms with E-state index in [1.807, 2.05) is 30.3 Å². The van der Waals surface area contributed by atoms with Gasteiger partial charge in [0.15, 0.2) is 0 Å². The van der Waals surface area contributed by atoms with Crippen molar-refractivity contribution in [3.05, 3.63) is 35.9 Å². The van der Waals surface area contributed by atoms with Crippen molar-refractivity contribution < 1.29 is 13.2 Å². The summed E-state index contributed by atoms with van der Waals surface area (Å²) >= 11 is 0. The monoisotopic (exact) mass is 311 g/mol. The van der Waals surface area contributed by atoms with E-state index in [0.29, 0.717) is 19.5 Å². The number of carbonyl (C=O) groups is 1. The van der Waals surface area contributed by atoms with Crippen LogP contribution in [-0.4, -0.2) is 51.2 Å². The Balaban J connectivity index is 2.03. The van der Waals surface area contributed by atoms with Crippen molar-refractivity contribution >= 4 is 15.9 Å². The lowest BCUT2D eigenvalue weighted by atomic mass is 9.98.